The van der Waals surface area contributed by atoms with E-state index in [1.54, 1.807) is 30.3 Å². The SMILES string of the molecule is CN1C=C(C(=O)NCCC[N+](C)(C)Cc2ccccc2)C=C/C1=C/N=O. The van der Waals surface area contributed by atoms with Crippen LogP contribution in [0.4, 0.5) is 0 Å². The van der Waals surface area contributed by atoms with Gasteiger partial charge in [0, 0.05) is 31.8 Å². The summed E-state index contributed by atoms with van der Waals surface area (Å²) in [5, 5.41) is 5.71. The molecule has 1 aliphatic heterocycles. The zero-order chi connectivity index (χ0) is 19.0. The average molecular weight is 355 g/mol. The molecule has 0 radical (unpaired) electrons. The Morgan fingerprint density at radius 2 is 1.96 bits per heavy atom. The molecule has 0 aromatic heterocycles. The van der Waals surface area contributed by atoms with Crippen LogP contribution in [0.25, 0.3) is 0 Å². The molecule has 2 rings (SSSR count). The second-order valence-electron chi connectivity index (χ2n) is 7.10. The number of hydrogen-bond donors (Lipinski definition) is 1. The Hall–Kier alpha value is -2.73. The lowest BCUT2D eigenvalue weighted by atomic mass is 10.1. The van der Waals surface area contributed by atoms with Crippen molar-refractivity contribution in [1.82, 2.24) is 10.2 Å². The monoisotopic (exact) mass is 355 g/mol. The summed E-state index contributed by atoms with van der Waals surface area (Å²) in [6.07, 6.45) is 7.21. The summed E-state index contributed by atoms with van der Waals surface area (Å²) in [7, 11) is 6.17. The van der Waals surface area contributed by atoms with Gasteiger partial charge in [0.15, 0.2) is 0 Å². The smallest absolute Gasteiger partial charge is 0.252 e. The number of rotatable bonds is 8. The first-order valence-corrected chi connectivity index (χ1v) is 8.71. The predicted octanol–water partition coefficient (Wildman–Crippen LogP) is 2.76. The van der Waals surface area contributed by atoms with Crippen molar-refractivity contribution in [3.05, 3.63) is 76.6 Å². The Labute approximate surface area is 155 Å². The number of allylic oxidation sites excluding steroid dienone is 1. The molecular weight excluding hydrogens is 328 g/mol. The van der Waals surface area contributed by atoms with Gasteiger partial charge >= 0.3 is 0 Å². The molecule has 1 aromatic rings. The molecule has 0 aliphatic carbocycles. The van der Waals surface area contributed by atoms with Gasteiger partial charge in [0.1, 0.15) is 6.54 Å². The third kappa shape index (κ3) is 5.97. The molecule has 1 N–H and O–H groups in total. The number of quaternary nitrogens is 1. The summed E-state index contributed by atoms with van der Waals surface area (Å²) in [5.74, 6) is -0.112. The fourth-order valence-corrected chi connectivity index (χ4v) is 2.91. The average Bonchev–Trinajstić information content (AvgIpc) is 2.61. The Morgan fingerprint density at radius 3 is 2.62 bits per heavy atom. The van der Waals surface area contributed by atoms with Crippen molar-refractivity contribution in [2.75, 3.05) is 34.2 Å². The van der Waals surface area contributed by atoms with E-state index in [4.69, 9.17) is 0 Å². The summed E-state index contributed by atoms with van der Waals surface area (Å²) in [6.45, 7) is 2.57. The molecule has 0 saturated carbocycles. The fourth-order valence-electron chi connectivity index (χ4n) is 2.91. The quantitative estimate of drug-likeness (QED) is 0.443. The van der Waals surface area contributed by atoms with Crippen LogP contribution in [0.1, 0.15) is 12.0 Å². The van der Waals surface area contributed by atoms with Crippen LogP contribution in [0.15, 0.2) is 71.3 Å². The number of nitroso groups, excluding NO2 is 1. The first-order valence-electron chi connectivity index (χ1n) is 8.71. The van der Waals surface area contributed by atoms with Gasteiger partial charge in [0.2, 0.25) is 0 Å². The second-order valence-corrected chi connectivity index (χ2v) is 7.10. The number of likely N-dealkylation sites (N-methyl/N-ethyl adjacent to an activating group) is 1. The summed E-state index contributed by atoms with van der Waals surface area (Å²) >= 11 is 0. The summed E-state index contributed by atoms with van der Waals surface area (Å²) in [4.78, 5) is 24.3. The summed E-state index contributed by atoms with van der Waals surface area (Å²) in [6, 6.07) is 10.4. The van der Waals surface area contributed by atoms with E-state index in [1.165, 1.54) is 11.8 Å². The molecule has 138 valence electrons. The van der Waals surface area contributed by atoms with Crippen molar-refractivity contribution in [3.63, 3.8) is 0 Å². The van der Waals surface area contributed by atoms with E-state index in [0.29, 0.717) is 17.8 Å². The van der Waals surface area contributed by atoms with Crippen LogP contribution in [0.3, 0.4) is 0 Å². The molecule has 1 aliphatic rings. The van der Waals surface area contributed by atoms with Gasteiger partial charge in [-0.25, -0.2) is 0 Å². The molecule has 1 aromatic carbocycles. The lowest BCUT2D eigenvalue weighted by Gasteiger charge is -2.30. The molecule has 0 bridgehead atoms. The largest absolute Gasteiger partial charge is 0.352 e. The Morgan fingerprint density at radius 1 is 1.23 bits per heavy atom. The molecule has 0 fully saturated rings. The highest BCUT2D eigenvalue weighted by Crippen LogP contribution is 2.15. The van der Waals surface area contributed by atoms with Crippen molar-refractivity contribution < 1.29 is 9.28 Å². The maximum Gasteiger partial charge on any atom is 0.252 e. The molecule has 1 amide bonds. The van der Waals surface area contributed by atoms with Crippen LogP contribution >= 0.6 is 0 Å². The second kappa shape index (κ2) is 9.10. The summed E-state index contributed by atoms with van der Waals surface area (Å²) < 4.78 is 0.873. The standard InChI is InChI=1S/C20H26N4O2/c1-23-15-18(10-11-19(23)14-22-26)20(25)21-12-7-13-24(2,3)16-17-8-5-4-6-9-17/h4-6,8-11,14-15H,7,12-13,16H2,1-3H3/p+1/b19-14-. The Balaban J connectivity index is 1.76. The van der Waals surface area contributed by atoms with Gasteiger partial charge in [0.05, 0.1) is 38.1 Å². The highest BCUT2D eigenvalue weighted by molar-refractivity contribution is 5.96. The molecule has 0 spiro atoms. The van der Waals surface area contributed by atoms with E-state index in [0.717, 1.165) is 24.0 Å². The van der Waals surface area contributed by atoms with E-state index < -0.39 is 0 Å². The van der Waals surface area contributed by atoms with Crippen molar-refractivity contribution in [2.45, 2.75) is 13.0 Å². The van der Waals surface area contributed by atoms with Crippen LogP contribution in [-0.4, -0.2) is 49.5 Å². The van der Waals surface area contributed by atoms with E-state index in [-0.39, 0.29) is 5.91 Å². The van der Waals surface area contributed by atoms with Gasteiger partial charge in [-0.15, -0.1) is 4.91 Å². The lowest BCUT2D eigenvalue weighted by molar-refractivity contribution is -0.903. The number of nitrogens with zero attached hydrogens (tertiary/aromatic N) is 3. The third-order valence-corrected chi connectivity index (χ3v) is 4.30. The van der Waals surface area contributed by atoms with E-state index >= 15 is 0 Å². The van der Waals surface area contributed by atoms with Gasteiger partial charge in [-0.2, -0.15) is 0 Å². The molecular formula is C20H27N4O2+. The van der Waals surface area contributed by atoms with Crippen LogP contribution in [-0.2, 0) is 11.3 Å². The highest BCUT2D eigenvalue weighted by Gasteiger charge is 2.16. The number of carbonyl (C=O) groups excluding carboxylic acids is 1. The Kier molecular flexibility index (Phi) is 6.86. The van der Waals surface area contributed by atoms with Crippen LogP contribution < -0.4 is 5.32 Å². The van der Waals surface area contributed by atoms with Gasteiger partial charge in [0.25, 0.3) is 5.91 Å². The van der Waals surface area contributed by atoms with Crippen LogP contribution in [0, 0.1) is 4.91 Å². The number of benzene rings is 1. The number of amides is 1. The van der Waals surface area contributed by atoms with Crippen LogP contribution in [0.2, 0.25) is 0 Å². The minimum atomic E-state index is -0.112. The normalized spacial score (nSPS) is 15.7. The van der Waals surface area contributed by atoms with Gasteiger partial charge in [-0.1, -0.05) is 30.3 Å². The molecule has 0 saturated heterocycles. The molecule has 0 atom stereocenters. The van der Waals surface area contributed by atoms with Crippen molar-refractivity contribution in [2.24, 2.45) is 5.18 Å². The highest BCUT2D eigenvalue weighted by atomic mass is 16.2. The van der Waals surface area contributed by atoms with E-state index in [9.17, 15) is 9.70 Å². The number of carbonyl (C=O) groups is 1. The third-order valence-electron chi connectivity index (χ3n) is 4.30. The van der Waals surface area contributed by atoms with Crippen molar-refractivity contribution >= 4 is 5.91 Å². The van der Waals surface area contributed by atoms with Crippen molar-refractivity contribution in [1.29, 1.82) is 0 Å². The Bertz CT molecular complexity index is 721. The maximum atomic E-state index is 12.3. The molecule has 1 heterocycles. The molecule has 0 unspecified atom stereocenters. The van der Waals surface area contributed by atoms with Gasteiger partial charge in [-0.05, 0) is 17.3 Å². The lowest BCUT2D eigenvalue weighted by Crippen LogP contribution is -2.41. The minimum Gasteiger partial charge on any atom is -0.352 e. The number of nitrogens with one attached hydrogen (secondary N) is 1. The summed E-state index contributed by atoms with van der Waals surface area (Å²) in [5.41, 5.74) is 2.53. The molecule has 6 nitrogen and oxygen atoms in total. The maximum absolute atomic E-state index is 12.3. The van der Waals surface area contributed by atoms with E-state index in [2.05, 4.69) is 48.9 Å². The molecule has 26 heavy (non-hydrogen) atoms. The predicted molar refractivity (Wildman–Crippen MR) is 104 cm³/mol. The van der Waals surface area contributed by atoms with Crippen molar-refractivity contribution in [3.8, 4) is 0 Å². The van der Waals surface area contributed by atoms with E-state index in [1.807, 2.05) is 6.07 Å². The fraction of sp³-hybridized carbons (Fsp3) is 0.350. The van der Waals surface area contributed by atoms with Gasteiger partial charge < -0.3 is 14.7 Å². The molecule has 6 heteroatoms. The zero-order valence-electron chi connectivity index (χ0n) is 15.7. The van der Waals surface area contributed by atoms with Crippen LogP contribution in [0.5, 0.6) is 0 Å². The first kappa shape index (κ1) is 19.6. The zero-order valence-corrected chi connectivity index (χ0v) is 15.7. The first-order chi connectivity index (χ1) is 12.4. The topological polar surface area (TPSA) is 61.8 Å². The van der Waals surface area contributed by atoms with Gasteiger partial charge in [-0.3, -0.25) is 4.79 Å². The number of hydrogen-bond acceptors (Lipinski definition) is 4. The minimum absolute atomic E-state index is 0.112.